The van der Waals surface area contributed by atoms with Crippen LogP contribution in [-0.2, 0) is 0 Å². The summed E-state index contributed by atoms with van der Waals surface area (Å²) in [7, 11) is 0. The molecule has 0 spiro atoms. The maximum absolute atomic E-state index is 13.4. The molecule has 0 fully saturated rings. The third-order valence-corrected chi connectivity index (χ3v) is 2.99. The third-order valence-electron chi connectivity index (χ3n) is 2.26. The molecule has 0 aliphatic heterocycles. The van der Waals surface area contributed by atoms with E-state index in [1.165, 1.54) is 18.2 Å². The summed E-state index contributed by atoms with van der Waals surface area (Å²) in [5, 5.41) is 5.33. The van der Waals surface area contributed by atoms with Gasteiger partial charge in [0.05, 0.1) is 5.69 Å². The Morgan fingerprint density at radius 3 is 2.68 bits per heavy atom. The van der Waals surface area contributed by atoms with Crippen LogP contribution in [0.15, 0.2) is 46.9 Å². The van der Waals surface area contributed by atoms with Gasteiger partial charge >= 0.3 is 6.03 Å². The second-order valence-corrected chi connectivity index (χ2v) is 5.07. The van der Waals surface area contributed by atoms with Gasteiger partial charge in [-0.3, -0.25) is 0 Å². The number of nitrogens with one attached hydrogen (secondary N) is 2. The molecule has 6 heteroatoms. The van der Waals surface area contributed by atoms with E-state index in [0.29, 0.717) is 10.7 Å². The van der Waals surface area contributed by atoms with Crippen molar-refractivity contribution in [1.82, 2.24) is 0 Å². The Labute approximate surface area is 122 Å². The van der Waals surface area contributed by atoms with Gasteiger partial charge in [0.1, 0.15) is 5.82 Å². The molecule has 0 aromatic heterocycles. The number of urea groups is 1. The summed E-state index contributed by atoms with van der Waals surface area (Å²) < 4.78 is 14.3. The lowest BCUT2D eigenvalue weighted by atomic mass is 10.3. The lowest BCUT2D eigenvalue weighted by Crippen LogP contribution is -2.20. The third kappa shape index (κ3) is 3.94. The van der Waals surface area contributed by atoms with E-state index in [0.717, 1.165) is 4.47 Å². The molecule has 2 aromatic rings. The average molecular weight is 344 g/mol. The molecule has 0 saturated heterocycles. The van der Waals surface area contributed by atoms with Crippen molar-refractivity contribution in [3.8, 4) is 0 Å². The molecule has 2 rings (SSSR count). The monoisotopic (exact) mass is 342 g/mol. The van der Waals surface area contributed by atoms with Crippen LogP contribution < -0.4 is 10.6 Å². The van der Waals surface area contributed by atoms with E-state index in [9.17, 15) is 9.18 Å². The van der Waals surface area contributed by atoms with E-state index in [-0.39, 0.29) is 5.69 Å². The molecule has 3 nitrogen and oxygen atoms in total. The van der Waals surface area contributed by atoms with Crippen molar-refractivity contribution in [3.05, 3.63) is 57.8 Å². The van der Waals surface area contributed by atoms with Gasteiger partial charge in [0.25, 0.3) is 0 Å². The van der Waals surface area contributed by atoms with Gasteiger partial charge in [-0.05, 0) is 36.4 Å². The van der Waals surface area contributed by atoms with E-state index in [1.54, 1.807) is 18.2 Å². The van der Waals surface area contributed by atoms with Crippen molar-refractivity contribution >= 4 is 44.9 Å². The van der Waals surface area contributed by atoms with Gasteiger partial charge in [-0.1, -0.05) is 33.6 Å². The minimum atomic E-state index is -0.547. The number of hydrogen-bond donors (Lipinski definition) is 2. The number of carbonyl (C=O) groups excluding carboxylic acids is 1. The highest BCUT2D eigenvalue weighted by Crippen LogP contribution is 2.20. The fourth-order valence-electron chi connectivity index (χ4n) is 1.44. The van der Waals surface area contributed by atoms with Crippen molar-refractivity contribution in [1.29, 1.82) is 0 Å². The van der Waals surface area contributed by atoms with E-state index in [4.69, 9.17) is 11.6 Å². The SMILES string of the molecule is O=C(Nc1cccc(Br)c1)Nc1cc(Cl)ccc1F. The van der Waals surface area contributed by atoms with Gasteiger partial charge in [-0.15, -0.1) is 0 Å². The van der Waals surface area contributed by atoms with Crippen LogP contribution in [0.3, 0.4) is 0 Å². The van der Waals surface area contributed by atoms with Crippen molar-refractivity contribution in [2.45, 2.75) is 0 Å². The van der Waals surface area contributed by atoms with E-state index < -0.39 is 11.8 Å². The molecule has 2 aromatic carbocycles. The molecule has 0 saturated carbocycles. The molecule has 98 valence electrons. The Kier molecular flexibility index (Phi) is 4.39. The minimum Gasteiger partial charge on any atom is -0.308 e. The first-order valence-electron chi connectivity index (χ1n) is 5.33. The Morgan fingerprint density at radius 2 is 1.95 bits per heavy atom. The van der Waals surface area contributed by atoms with E-state index >= 15 is 0 Å². The van der Waals surface area contributed by atoms with Crippen molar-refractivity contribution < 1.29 is 9.18 Å². The molecule has 2 N–H and O–H groups in total. The molecule has 0 aliphatic rings. The van der Waals surface area contributed by atoms with Gasteiger partial charge < -0.3 is 10.6 Å². The zero-order chi connectivity index (χ0) is 13.8. The lowest BCUT2D eigenvalue weighted by molar-refractivity contribution is 0.262. The molecule has 19 heavy (non-hydrogen) atoms. The van der Waals surface area contributed by atoms with Crippen molar-refractivity contribution in [2.75, 3.05) is 10.6 Å². The highest BCUT2D eigenvalue weighted by molar-refractivity contribution is 9.10. The summed E-state index contributed by atoms with van der Waals surface area (Å²) in [6.07, 6.45) is 0. The first-order valence-corrected chi connectivity index (χ1v) is 6.50. The fourth-order valence-corrected chi connectivity index (χ4v) is 2.02. The lowest BCUT2D eigenvalue weighted by Gasteiger charge is -2.09. The van der Waals surface area contributed by atoms with Crippen molar-refractivity contribution in [2.24, 2.45) is 0 Å². The number of halogens is 3. The number of hydrogen-bond acceptors (Lipinski definition) is 1. The predicted molar refractivity (Wildman–Crippen MR) is 78.2 cm³/mol. The van der Waals surface area contributed by atoms with Crippen LogP contribution in [0.5, 0.6) is 0 Å². The molecule has 0 radical (unpaired) electrons. The standard InChI is InChI=1S/C13H9BrClFN2O/c14-8-2-1-3-10(6-8)17-13(19)18-12-7-9(15)4-5-11(12)16/h1-7H,(H2,17,18,19). The quantitative estimate of drug-likeness (QED) is 0.801. The normalized spacial score (nSPS) is 10.1. The molecule has 0 heterocycles. The molecule has 0 bridgehead atoms. The predicted octanol–water partition coefficient (Wildman–Crippen LogP) is 4.89. The van der Waals surface area contributed by atoms with Crippen LogP contribution in [0.25, 0.3) is 0 Å². The summed E-state index contributed by atoms with van der Waals surface area (Å²) in [6, 6.07) is 10.5. The van der Waals surface area contributed by atoms with Gasteiger partial charge in [0.2, 0.25) is 0 Å². The Balaban J connectivity index is 2.07. The van der Waals surface area contributed by atoms with E-state index in [1.807, 2.05) is 6.07 Å². The topological polar surface area (TPSA) is 41.1 Å². The molecular weight excluding hydrogens is 335 g/mol. The first kappa shape index (κ1) is 13.8. The zero-order valence-electron chi connectivity index (χ0n) is 9.58. The first-order chi connectivity index (χ1) is 9.04. The Hall–Kier alpha value is -1.59. The summed E-state index contributed by atoms with van der Waals surface area (Å²) in [6.45, 7) is 0. The fraction of sp³-hybridized carbons (Fsp3) is 0. The van der Waals surface area contributed by atoms with Gasteiger partial charge in [-0.25, -0.2) is 9.18 Å². The Morgan fingerprint density at radius 1 is 1.16 bits per heavy atom. The second-order valence-electron chi connectivity index (χ2n) is 3.71. The average Bonchev–Trinajstić information content (AvgIpc) is 2.34. The van der Waals surface area contributed by atoms with Gasteiger partial charge in [0.15, 0.2) is 0 Å². The number of rotatable bonds is 2. The highest BCUT2D eigenvalue weighted by atomic mass is 79.9. The van der Waals surface area contributed by atoms with Crippen LogP contribution in [0.2, 0.25) is 5.02 Å². The van der Waals surface area contributed by atoms with Gasteiger partial charge in [0, 0.05) is 15.2 Å². The number of anilines is 2. The summed E-state index contributed by atoms with van der Waals surface area (Å²) >= 11 is 9.03. The smallest absolute Gasteiger partial charge is 0.308 e. The van der Waals surface area contributed by atoms with Crippen LogP contribution in [-0.4, -0.2) is 6.03 Å². The highest BCUT2D eigenvalue weighted by Gasteiger charge is 2.07. The van der Waals surface area contributed by atoms with Crippen LogP contribution in [0.4, 0.5) is 20.6 Å². The summed E-state index contributed by atoms with van der Waals surface area (Å²) in [4.78, 5) is 11.7. The molecule has 0 unspecified atom stereocenters. The largest absolute Gasteiger partial charge is 0.323 e. The molecule has 0 aliphatic carbocycles. The van der Waals surface area contributed by atoms with Crippen LogP contribution in [0, 0.1) is 5.82 Å². The van der Waals surface area contributed by atoms with Crippen LogP contribution >= 0.6 is 27.5 Å². The Bertz CT molecular complexity index is 621. The number of amides is 2. The maximum atomic E-state index is 13.4. The number of benzene rings is 2. The van der Waals surface area contributed by atoms with Gasteiger partial charge in [-0.2, -0.15) is 0 Å². The number of carbonyl (C=O) groups is 1. The van der Waals surface area contributed by atoms with Crippen LogP contribution in [0.1, 0.15) is 0 Å². The molecule has 0 atom stereocenters. The summed E-state index contributed by atoms with van der Waals surface area (Å²) in [5.41, 5.74) is 0.620. The summed E-state index contributed by atoms with van der Waals surface area (Å²) in [5.74, 6) is -0.547. The zero-order valence-corrected chi connectivity index (χ0v) is 11.9. The maximum Gasteiger partial charge on any atom is 0.323 e. The van der Waals surface area contributed by atoms with E-state index in [2.05, 4.69) is 26.6 Å². The van der Waals surface area contributed by atoms with Crippen molar-refractivity contribution in [3.63, 3.8) is 0 Å². The molecule has 2 amide bonds. The minimum absolute atomic E-state index is 0.0278. The second kappa shape index (κ2) is 6.04. The molecular formula is C13H9BrClFN2O.